The lowest BCUT2D eigenvalue weighted by Crippen LogP contribution is -2.47. The van der Waals surface area contributed by atoms with E-state index in [0.717, 1.165) is 31.9 Å². The van der Waals surface area contributed by atoms with E-state index in [-0.39, 0.29) is 11.8 Å². The molecule has 0 radical (unpaired) electrons. The van der Waals surface area contributed by atoms with Crippen LogP contribution in [0.25, 0.3) is 0 Å². The highest BCUT2D eigenvalue weighted by molar-refractivity contribution is 5.81. The molecule has 1 unspecified atom stereocenters. The second kappa shape index (κ2) is 8.49. The smallest absolute Gasteiger partial charge is 0.223 e. The summed E-state index contributed by atoms with van der Waals surface area (Å²) in [4.78, 5) is 30.6. The van der Waals surface area contributed by atoms with E-state index in [1.54, 1.807) is 26.0 Å². The molecule has 1 fully saturated rings. The number of nitrogens with one attached hydrogen (secondary N) is 1. The van der Waals surface area contributed by atoms with E-state index in [1.165, 1.54) is 0 Å². The van der Waals surface area contributed by atoms with Crippen LogP contribution in [-0.4, -0.2) is 68.4 Å². The minimum absolute atomic E-state index is 0.0863. The van der Waals surface area contributed by atoms with Crippen molar-refractivity contribution >= 4 is 17.8 Å². The van der Waals surface area contributed by atoms with E-state index in [2.05, 4.69) is 15.2 Å². The van der Waals surface area contributed by atoms with Crippen molar-refractivity contribution < 1.29 is 9.59 Å². The molecule has 3 N–H and O–H groups in total. The maximum atomic E-state index is 11.5. The predicted molar refractivity (Wildman–Crippen MR) is 82.8 cm³/mol. The number of piperidine rings is 1. The summed E-state index contributed by atoms with van der Waals surface area (Å²) in [5.41, 5.74) is 5.27. The van der Waals surface area contributed by atoms with Crippen LogP contribution in [0.3, 0.4) is 0 Å². The molecule has 21 heavy (non-hydrogen) atoms. The monoisotopic (exact) mass is 297 g/mol. The van der Waals surface area contributed by atoms with Gasteiger partial charge in [-0.15, -0.1) is 0 Å². The third-order valence-electron chi connectivity index (χ3n) is 3.64. The van der Waals surface area contributed by atoms with E-state index in [9.17, 15) is 9.59 Å². The van der Waals surface area contributed by atoms with Crippen molar-refractivity contribution in [2.24, 2.45) is 16.6 Å². The van der Waals surface area contributed by atoms with E-state index < -0.39 is 0 Å². The first-order chi connectivity index (χ1) is 9.93. The van der Waals surface area contributed by atoms with Gasteiger partial charge < -0.3 is 20.9 Å². The van der Waals surface area contributed by atoms with Crippen LogP contribution in [0.2, 0.25) is 0 Å². The molecular weight excluding hydrogens is 270 g/mol. The summed E-state index contributed by atoms with van der Waals surface area (Å²) in [5, 5.41) is 3.21. The number of amides is 2. The summed E-state index contributed by atoms with van der Waals surface area (Å²) in [6, 6.07) is 0. The minimum Gasteiger partial charge on any atom is -0.370 e. The number of carbonyl (C=O) groups excluding carboxylic acids is 2. The average Bonchev–Trinajstić information content (AvgIpc) is 2.42. The first-order valence-corrected chi connectivity index (χ1v) is 7.38. The van der Waals surface area contributed by atoms with Gasteiger partial charge in [0.25, 0.3) is 0 Å². The fourth-order valence-electron chi connectivity index (χ4n) is 2.55. The highest BCUT2D eigenvalue weighted by atomic mass is 16.2. The first-order valence-electron chi connectivity index (χ1n) is 7.38. The Labute approximate surface area is 126 Å². The standard InChI is InChI=1S/C14H27N5O2/c1-16-14(17-7-6-13(21)18(2)3)19-8-4-5-11(10-19)9-12(15)20/h11H,4-10H2,1-3H3,(H2,15,20)(H,16,17). The maximum Gasteiger partial charge on any atom is 0.223 e. The Morgan fingerprint density at radius 3 is 2.71 bits per heavy atom. The Morgan fingerprint density at radius 2 is 2.14 bits per heavy atom. The molecule has 1 aliphatic heterocycles. The molecule has 0 aromatic heterocycles. The van der Waals surface area contributed by atoms with Crippen LogP contribution in [-0.2, 0) is 9.59 Å². The summed E-state index contributed by atoms with van der Waals surface area (Å²) in [6.45, 7) is 2.25. The van der Waals surface area contributed by atoms with Crippen molar-refractivity contribution in [2.75, 3.05) is 40.8 Å². The number of guanidine groups is 1. The zero-order chi connectivity index (χ0) is 15.8. The van der Waals surface area contributed by atoms with Crippen LogP contribution >= 0.6 is 0 Å². The Morgan fingerprint density at radius 1 is 1.43 bits per heavy atom. The number of hydrogen-bond donors (Lipinski definition) is 2. The molecule has 0 spiro atoms. The quantitative estimate of drug-likeness (QED) is 0.535. The van der Waals surface area contributed by atoms with E-state index in [4.69, 9.17) is 5.73 Å². The van der Waals surface area contributed by atoms with Crippen molar-refractivity contribution in [3.05, 3.63) is 0 Å². The molecule has 0 aromatic carbocycles. The van der Waals surface area contributed by atoms with Crippen molar-refractivity contribution in [2.45, 2.75) is 25.7 Å². The van der Waals surface area contributed by atoms with Crippen LogP contribution < -0.4 is 11.1 Å². The summed E-state index contributed by atoms with van der Waals surface area (Å²) in [5.74, 6) is 0.915. The van der Waals surface area contributed by atoms with Crippen molar-refractivity contribution in [1.82, 2.24) is 15.1 Å². The second-order valence-electron chi connectivity index (χ2n) is 5.64. The van der Waals surface area contributed by atoms with Gasteiger partial charge in [-0.2, -0.15) is 0 Å². The summed E-state index contributed by atoms with van der Waals surface area (Å²) >= 11 is 0. The molecule has 1 atom stereocenters. The normalized spacial score (nSPS) is 19.3. The Hall–Kier alpha value is -1.79. The molecule has 0 saturated carbocycles. The Kier molecular flexibility index (Phi) is 6.98. The zero-order valence-electron chi connectivity index (χ0n) is 13.3. The van der Waals surface area contributed by atoms with Gasteiger partial charge in [0.05, 0.1) is 0 Å². The van der Waals surface area contributed by atoms with E-state index in [0.29, 0.717) is 25.3 Å². The highest BCUT2D eigenvalue weighted by Gasteiger charge is 2.23. The number of primary amides is 1. The van der Waals surface area contributed by atoms with Gasteiger partial charge in [-0.05, 0) is 18.8 Å². The second-order valence-corrected chi connectivity index (χ2v) is 5.64. The van der Waals surface area contributed by atoms with Gasteiger partial charge in [0.2, 0.25) is 11.8 Å². The maximum absolute atomic E-state index is 11.5. The van der Waals surface area contributed by atoms with Crippen LogP contribution in [0.1, 0.15) is 25.7 Å². The topological polar surface area (TPSA) is 91.0 Å². The molecule has 120 valence electrons. The van der Waals surface area contributed by atoms with Crippen LogP contribution in [0, 0.1) is 5.92 Å². The summed E-state index contributed by atoms with van der Waals surface area (Å²) in [6.07, 6.45) is 2.90. The number of aliphatic imine (C=N–C) groups is 1. The number of hydrogen-bond acceptors (Lipinski definition) is 3. The van der Waals surface area contributed by atoms with Gasteiger partial charge in [0.15, 0.2) is 5.96 Å². The van der Waals surface area contributed by atoms with Gasteiger partial charge in [0.1, 0.15) is 0 Å². The predicted octanol–water partition coefficient (Wildman–Crippen LogP) is -0.372. The molecule has 0 aromatic rings. The molecule has 0 bridgehead atoms. The summed E-state index contributed by atoms with van der Waals surface area (Å²) < 4.78 is 0. The first kappa shape index (κ1) is 17.3. The summed E-state index contributed by atoms with van der Waals surface area (Å²) in [7, 11) is 5.22. The molecule has 7 heteroatoms. The number of carbonyl (C=O) groups is 2. The third-order valence-corrected chi connectivity index (χ3v) is 3.64. The van der Waals surface area contributed by atoms with Gasteiger partial charge in [-0.1, -0.05) is 0 Å². The van der Waals surface area contributed by atoms with E-state index >= 15 is 0 Å². The van der Waals surface area contributed by atoms with Gasteiger partial charge in [0, 0.05) is 53.6 Å². The molecule has 1 rings (SSSR count). The van der Waals surface area contributed by atoms with Crippen molar-refractivity contribution in [3.8, 4) is 0 Å². The van der Waals surface area contributed by atoms with Crippen LogP contribution in [0.15, 0.2) is 4.99 Å². The Balaban J connectivity index is 2.44. The van der Waals surface area contributed by atoms with Crippen molar-refractivity contribution in [3.63, 3.8) is 0 Å². The lowest BCUT2D eigenvalue weighted by atomic mass is 9.95. The number of nitrogens with zero attached hydrogens (tertiary/aromatic N) is 3. The lowest BCUT2D eigenvalue weighted by Gasteiger charge is -2.34. The zero-order valence-corrected chi connectivity index (χ0v) is 13.3. The fourth-order valence-corrected chi connectivity index (χ4v) is 2.55. The molecular formula is C14H27N5O2. The molecule has 2 amide bonds. The molecule has 7 nitrogen and oxygen atoms in total. The molecule has 1 saturated heterocycles. The molecule has 0 aliphatic carbocycles. The van der Waals surface area contributed by atoms with Gasteiger partial charge >= 0.3 is 0 Å². The molecule has 1 heterocycles. The van der Waals surface area contributed by atoms with Crippen molar-refractivity contribution in [1.29, 1.82) is 0 Å². The van der Waals surface area contributed by atoms with Crippen LogP contribution in [0.4, 0.5) is 0 Å². The minimum atomic E-state index is -0.249. The average molecular weight is 297 g/mol. The molecule has 1 aliphatic rings. The lowest BCUT2D eigenvalue weighted by molar-refractivity contribution is -0.128. The van der Waals surface area contributed by atoms with Gasteiger partial charge in [-0.25, -0.2) is 0 Å². The number of nitrogens with two attached hydrogens (primary N) is 1. The highest BCUT2D eigenvalue weighted by Crippen LogP contribution is 2.19. The SMILES string of the molecule is CN=C(NCCC(=O)N(C)C)N1CCCC(CC(N)=O)C1. The Bertz CT molecular complexity index is 395. The number of rotatable bonds is 5. The number of likely N-dealkylation sites (tertiary alicyclic amines) is 1. The third kappa shape index (κ3) is 6.01. The van der Waals surface area contributed by atoms with E-state index in [1.807, 2.05) is 0 Å². The van der Waals surface area contributed by atoms with Crippen LogP contribution in [0.5, 0.6) is 0 Å². The largest absolute Gasteiger partial charge is 0.370 e. The van der Waals surface area contributed by atoms with Gasteiger partial charge in [-0.3, -0.25) is 14.6 Å². The fraction of sp³-hybridized carbons (Fsp3) is 0.786.